The van der Waals surface area contributed by atoms with E-state index < -0.39 is 10.8 Å². The van der Waals surface area contributed by atoms with Gasteiger partial charge in [-0.2, -0.15) is 0 Å². The minimum absolute atomic E-state index is 0.102. The van der Waals surface area contributed by atoms with Crippen molar-refractivity contribution >= 4 is 35.0 Å². The molecule has 1 saturated heterocycles. The van der Waals surface area contributed by atoms with Crippen molar-refractivity contribution in [3.63, 3.8) is 0 Å². The number of nitrogens with zero attached hydrogens (tertiary/aromatic N) is 2. The molecule has 1 heterocycles. The van der Waals surface area contributed by atoms with Gasteiger partial charge >= 0.3 is 0 Å². The third-order valence-electron chi connectivity index (χ3n) is 5.55. The summed E-state index contributed by atoms with van der Waals surface area (Å²) in [5.41, 5.74) is 2.57. The maximum absolute atomic E-state index is 12.8. The zero-order valence-corrected chi connectivity index (χ0v) is 19.3. The number of rotatable bonds is 8. The van der Waals surface area contributed by atoms with E-state index in [9.17, 15) is 19.7 Å². The minimum atomic E-state index is -0.534. The molecule has 0 radical (unpaired) electrons. The second kappa shape index (κ2) is 10.4. The number of nitro groups is 1. The van der Waals surface area contributed by atoms with E-state index in [1.807, 2.05) is 47.4 Å². The number of hydrogen-bond acceptors (Lipinski definition) is 6. The normalized spacial score (nSPS) is 15.3. The van der Waals surface area contributed by atoms with Crippen LogP contribution < -0.4 is 10.1 Å². The highest BCUT2D eigenvalue weighted by molar-refractivity contribution is 8.00. The van der Waals surface area contributed by atoms with Crippen LogP contribution in [-0.4, -0.2) is 41.0 Å². The van der Waals surface area contributed by atoms with Crippen LogP contribution in [0.15, 0.2) is 72.8 Å². The van der Waals surface area contributed by atoms with Crippen molar-refractivity contribution in [2.75, 3.05) is 24.7 Å². The van der Waals surface area contributed by atoms with Gasteiger partial charge in [0.1, 0.15) is 11.1 Å². The van der Waals surface area contributed by atoms with Crippen molar-refractivity contribution in [3.8, 4) is 5.75 Å². The molecule has 0 aliphatic carbocycles. The van der Waals surface area contributed by atoms with Crippen LogP contribution >= 0.6 is 11.8 Å². The topological polar surface area (TPSA) is 102 Å². The summed E-state index contributed by atoms with van der Waals surface area (Å²) in [7, 11) is 1.43. The number of amides is 2. The fourth-order valence-electron chi connectivity index (χ4n) is 3.77. The summed E-state index contributed by atoms with van der Waals surface area (Å²) in [6, 6.07) is 21.1. The van der Waals surface area contributed by atoms with Crippen LogP contribution in [0.3, 0.4) is 0 Å². The van der Waals surface area contributed by atoms with E-state index in [1.165, 1.54) is 30.9 Å². The SMILES string of the molecule is COc1ccc([N+](=O)[O-])cc1NC(=O)c1ccc([C@H]2SCC(=O)N2CCc2ccccc2)cc1. The van der Waals surface area contributed by atoms with Gasteiger partial charge in [-0.3, -0.25) is 19.7 Å². The van der Waals surface area contributed by atoms with Gasteiger partial charge in [0.15, 0.2) is 0 Å². The Bertz CT molecular complexity index is 1200. The second-order valence-electron chi connectivity index (χ2n) is 7.70. The first-order valence-electron chi connectivity index (χ1n) is 10.6. The van der Waals surface area contributed by atoms with E-state index >= 15 is 0 Å². The molecule has 4 rings (SSSR count). The molecule has 1 fully saturated rings. The molecule has 0 spiro atoms. The van der Waals surface area contributed by atoms with E-state index in [0.29, 0.717) is 23.6 Å². The van der Waals surface area contributed by atoms with Gasteiger partial charge in [0.25, 0.3) is 11.6 Å². The number of methoxy groups -OCH3 is 1. The zero-order chi connectivity index (χ0) is 24.1. The Balaban J connectivity index is 1.46. The predicted octanol–water partition coefficient (Wildman–Crippen LogP) is 4.67. The fraction of sp³-hybridized carbons (Fsp3) is 0.200. The van der Waals surface area contributed by atoms with Crippen molar-refractivity contribution < 1.29 is 19.2 Å². The molecule has 0 saturated carbocycles. The highest BCUT2D eigenvalue weighted by Crippen LogP contribution is 2.38. The first-order valence-corrected chi connectivity index (χ1v) is 11.7. The van der Waals surface area contributed by atoms with Crippen molar-refractivity contribution in [1.29, 1.82) is 0 Å². The van der Waals surface area contributed by atoms with Crippen LogP contribution in [0.5, 0.6) is 5.75 Å². The number of nitro benzene ring substituents is 1. The van der Waals surface area contributed by atoms with Crippen LogP contribution in [0.25, 0.3) is 0 Å². The van der Waals surface area contributed by atoms with Crippen molar-refractivity contribution in [2.24, 2.45) is 0 Å². The van der Waals surface area contributed by atoms with Crippen LogP contribution in [0.4, 0.5) is 11.4 Å². The van der Waals surface area contributed by atoms with E-state index in [4.69, 9.17) is 4.74 Å². The Morgan fingerprint density at radius 2 is 1.88 bits per heavy atom. The molecule has 174 valence electrons. The molecule has 9 heteroatoms. The number of nitrogens with one attached hydrogen (secondary N) is 1. The number of non-ortho nitro benzene ring substituents is 1. The Labute approximate surface area is 201 Å². The monoisotopic (exact) mass is 477 g/mol. The van der Waals surface area contributed by atoms with Crippen molar-refractivity contribution in [1.82, 2.24) is 4.90 Å². The second-order valence-corrected chi connectivity index (χ2v) is 8.77. The Hall–Kier alpha value is -3.85. The molecular formula is C25H23N3O5S. The number of carbonyl (C=O) groups excluding carboxylic acids is 2. The Kier molecular flexibility index (Phi) is 7.12. The molecule has 3 aromatic rings. The van der Waals surface area contributed by atoms with Gasteiger partial charge in [-0.15, -0.1) is 11.8 Å². The summed E-state index contributed by atoms with van der Waals surface area (Å²) in [6.45, 7) is 0.620. The first kappa shape index (κ1) is 23.3. The van der Waals surface area contributed by atoms with Crippen LogP contribution in [0, 0.1) is 10.1 Å². The maximum Gasteiger partial charge on any atom is 0.271 e. The van der Waals surface area contributed by atoms with Crippen LogP contribution in [0.2, 0.25) is 0 Å². The van der Waals surface area contributed by atoms with Gasteiger partial charge in [-0.25, -0.2) is 0 Å². The molecule has 34 heavy (non-hydrogen) atoms. The first-order chi connectivity index (χ1) is 16.5. The van der Waals surface area contributed by atoms with Crippen molar-refractivity contribution in [2.45, 2.75) is 11.8 Å². The van der Waals surface area contributed by atoms with E-state index in [2.05, 4.69) is 5.32 Å². The van der Waals surface area contributed by atoms with E-state index in [1.54, 1.807) is 23.9 Å². The largest absolute Gasteiger partial charge is 0.495 e. The van der Waals surface area contributed by atoms with Crippen molar-refractivity contribution in [3.05, 3.63) is 99.6 Å². The van der Waals surface area contributed by atoms with Crippen LogP contribution in [-0.2, 0) is 11.2 Å². The summed E-state index contributed by atoms with van der Waals surface area (Å²) in [5.74, 6) is 0.436. The molecular weight excluding hydrogens is 454 g/mol. The zero-order valence-electron chi connectivity index (χ0n) is 18.5. The summed E-state index contributed by atoms with van der Waals surface area (Å²) < 4.78 is 5.20. The molecule has 0 bridgehead atoms. The quantitative estimate of drug-likeness (QED) is 0.374. The van der Waals surface area contributed by atoms with Gasteiger partial charge in [0, 0.05) is 24.2 Å². The highest BCUT2D eigenvalue weighted by Gasteiger charge is 2.32. The lowest BCUT2D eigenvalue weighted by molar-refractivity contribution is -0.384. The Morgan fingerprint density at radius 3 is 2.56 bits per heavy atom. The van der Waals surface area contributed by atoms with Gasteiger partial charge in [-0.1, -0.05) is 42.5 Å². The lowest BCUT2D eigenvalue weighted by Crippen LogP contribution is -2.30. The van der Waals surface area contributed by atoms with Gasteiger partial charge < -0.3 is 15.0 Å². The molecule has 1 aliphatic heterocycles. The third-order valence-corrected chi connectivity index (χ3v) is 6.81. The number of hydrogen-bond donors (Lipinski definition) is 1. The molecule has 0 unspecified atom stereocenters. The van der Waals surface area contributed by atoms with Crippen LogP contribution in [0.1, 0.15) is 26.9 Å². The third kappa shape index (κ3) is 5.20. The summed E-state index contributed by atoms with van der Waals surface area (Å²) in [5, 5.41) is 13.6. The predicted molar refractivity (Wildman–Crippen MR) is 131 cm³/mol. The number of anilines is 1. The average Bonchev–Trinajstić information content (AvgIpc) is 3.23. The van der Waals surface area contributed by atoms with Gasteiger partial charge in [0.2, 0.25) is 5.91 Å². The standard InChI is InChI=1S/C25H23N3O5S/c1-33-22-12-11-20(28(31)32)15-21(22)26-24(30)18-7-9-19(10-8-18)25-27(23(29)16-34-25)14-13-17-5-3-2-4-6-17/h2-12,15,25H,13-14,16H2,1H3,(H,26,30)/t25-/m1/s1. The molecule has 3 aromatic carbocycles. The van der Waals surface area contributed by atoms with Gasteiger partial charge in [-0.05, 0) is 35.7 Å². The number of ether oxygens (including phenoxy) is 1. The fourth-order valence-corrected chi connectivity index (χ4v) is 4.99. The maximum atomic E-state index is 12.8. The summed E-state index contributed by atoms with van der Waals surface area (Å²) >= 11 is 1.57. The molecule has 8 nitrogen and oxygen atoms in total. The van der Waals surface area contributed by atoms with E-state index in [0.717, 1.165) is 12.0 Å². The molecule has 0 aromatic heterocycles. The number of thioether (sulfide) groups is 1. The summed E-state index contributed by atoms with van der Waals surface area (Å²) in [4.78, 5) is 37.7. The average molecular weight is 478 g/mol. The summed E-state index contributed by atoms with van der Waals surface area (Å²) in [6.07, 6.45) is 0.773. The smallest absolute Gasteiger partial charge is 0.271 e. The molecule has 1 N–H and O–H groups in total. The highest BCUT2D eigenvalue weighted by atomic mass is 32.2. The lowest BCUT2D eigenvalue weighted by atomic mass is 10.1. The molecule has 1 atom stereocenters. The molecule has 2 amide bonds. The number of benzene rings is 3. The molecule has 1 aliphatic rings. The number of carbonyl (C=O) groups is 2. The van der Waals surface area contributed by atoms with Gasteiger partial charge in [0.05, 0.1) is 23.5 Å². The lowest BCUT2D eigenvalue weighted by Gasteiger charge is -2.24. The van der Waals surface area contributed by atoms with E-state index in [-0.39, 0.29) is 22.7 Å². The minimum Gasteiger partial charge on any atom is -0.495 e. The Morgan fingerprint density at radius 1 is 1.15 bits per heavy atom.